The summed E-state index contributed by atoms with van der Waals surface area (Å²) in [5.74, 6) is -0.174. The monoisotopic (exact) mass is 388 g/mol. The van der Waals surface area contributed by atoms with Crippen LogP contribution in [0.4, 0.5) is 0 Å². The lowest BCUT2D eigenvalue weighted by atomic mass is 9.95. The fraction of sp³-hybridized carbons (Fsp3) is 0.130. The highest BCUT2D eigenvalue weighted by atomic mass is 32.2. The lowest BCUT2D eigenvalue weighted by Crippen LogP contribution is -2.22. The van der Waals surface area contributed by atoms with Gasteiger partial charge < -0.3 is 10.4 Å². The summed E-state index contributed by atoms with van der Waals surface area (Å²) in [5.41, 5.74) is 3.77. The topological polar surface area (TPSA) is 61.7 Å². The molecule has 1 aliphatic heterocycles. The molecule has 0 fully saturated rings. The number of hydrogen-bond acceptors (Lipinski definition) is 4. The van der Waals surface area contributed by atoms with Crippen LogP contribution >= 0.6 is 11.8 Å². The lowest BCUT2D eigenvalue weighted by molar-refractivity contribution is 0.0697. The van der Waals surface area contributed by atoms with E-state index in [4.69, 9.17) is 10.1 Å². The smallest absolute Gasteiger partial charge is 0.335 e. The molecule has 0 aliphatic carbocycles. The van der Waals surface area contributed by atoms with Crippen LogP contribution < -0.4 is 5.32 Å². The summed E-state index contributed by atoms with van der Waals surface area (Å²) >= 11 is 1.64. The second-order valence-electron chi connectivity index (χ2n) is 6.61. The molecule has 0 saturated heterocycles. The number of amidine groups is 1. The van der Waals surface area contributed by atoms with Crippen LogP contribution in [0.25, 0.3) is 0 Å². The number of carbonyl (C=O) groups is 1. The first-order chi connectivity index (χ1) is 13.7. The van der Waals surface area contributed by atoms with Crippen molar-refractivity contribution in [2.75, 3.05) is 0 Å². The third-order valence-corrected chi connectivity index (χ3v) is 5.70. The van der Waals surface area contributed by atoms with Gasteiger partial charge in [-0.05, 0) is 28.8 Å². The average molecular weight is 388 g/mol. The molecule has 3 aromatic rings. The van der Waals surface area contributed by atoms with E-state index in [1.807, 2.05) is 48.5 Å². The molecule has 4 rings (SSSR count). The first-order valence-electron chi connectivity index (χ1n) is 9.10. The maximum atomic E-state index is 11.0. The molecule has 5 heteroatoms. The van der Waals surface area contributed by atoms with Gasteiger partial charge in [0.05, 0.1) is 11.6 Å². The number of carboxylic acids is 1. The summed E-state index contributed by atoms with van der Waals surface area (Å²) in [7, 11) is 0. The lowest BCUT2D eigenvalue weighted by Gasteiger charge is -2.19. The van der Waals surface area contributed by atoms with Gasteiger partial charge in [-0.25, -0.2) is 4.79 Å². The summed E-state index contributed by atoms with van der Waals surface area (Å²) < 4.78 is 0. The molecular weight excluding hydrogens is 368 g/mol. The van der Waals surface area contributed by atoms with E-state index in [2.05, 4.69) is 29.6 Å². The van der Waals surface area contributed by atoms with Gasteiger partial charge in [-0.15, -0.1) is 0 Å². The molecule has 28 heavy (non-hydrogen) atoms. The second-order valence-corrected chi connectivity index (χ2v) is 7.58. The third-order valence-electron chi connectivity index (χ3n) is 4.73. The Morgan fingerprint density at radius 2 is 1.50 bits per heavy atom. The van der Waals surface area contributed by atoms with Crippen molar-refractivity contribution in [3.63, 3.8) is 0 Å². The molecule has 0 spiro atoms. The van der Waals surface area contributed by atoms with Crippen LogP contribution in [-0.2, 0) is 5.75 Å². The van der Waals surface area contributed by atoms with Gasteiger partial charge in [-0.3, -0.25) is 4.99 Å². The molecule has 4 nitrogen and oxygen atoms in total. The normalized spacial score (nSPS) is 18.4. The minimum Gasteiger partial charge on any atom is -0.478 e. The van der Waals surface area contributed by atoms with E-state index in [0.717, 1.165) is 16.5 Å². The Morgan fingerprint density at radius 3 is 2.11 bits per heavy atom. The van der Waals surface area contributed by atoms with Crippen molar-refractivity contribution in [2.45, 2.75) is 17.8 Å². The standard InChI is InChI=1S/C23H20N2O2S/c26-22(27)19-13-11-16(12-14-19)15-28-23-24-20(17-7-3-1-4-8-17)21(25-23)18-9-5-2-6-10-18/h1-14,20-21H,15H2,(H,24,25)(H,26,27)/t20-,21+. The van der Waals surface area contributed by atoms with E-state index in [1.165, 1.54) is 11.1 Å². The highest BCUT2D eigenvalue weighted by Crippen LogP contribution is 2.38. The number of aromatic carboxylic acids is 1. The van der Waals surface area contributed by atoms with Gasteiger partial charge in [-0.2, -0.15) is 0 Å². The van der Waals surface area contributed by atoms with Crippen molar-refractivity contribution in [2.24, 2.45) is 4.99 Å². The summed E-state index contributed by atoms with van der Waals surface area (Å²) in [4.78, 5) is 15.9. The van der Waals surface area contributed by atoms with Crippen molar-refractivity contribution in [1.29, 1.82) is 0 Å². The maximum Gasteiger partial charge on any atom is 0.335 e. The van der Waals surface area contributed by atoms with Gasteiger partial charge in [0, 0.05) is 5.75 Å². The van der Waals surface area contributed by atoms with Crippen LogP contribution in [0.2, 0.25) is 0 Å². The molecule has 2 N–H and O–H groups in total. The van der Waals surface area contributed by atoms with Crippen molar-refractivity contribution < 1.29 is 9.90 Å². The summed E-state index contributed by atoms with van der Waals surface area (Å²) in [6, 6.07) is 27.8. The zero-order valence-corrected chi connectivity index (χ0v) is 16.0. The van der Waals surface area contributed by atoms with Crippen molar-refractivity contribution in [3.8, 4) is 0 Å². The second kappa shape index (κ2) is 8.31. The number of nitrogens with zero attached hydrogens (tertiary/aromatic N) is 1. The minimum absolute atomic E-state index is 0.0282. The van der Waals surface area contributed by atoms with Crippen molar-refractivity contribution >= 4 is 22.9 Å². The van der Waals surface area contributed by atoms with Crippen LogP contribution in [-0.4, -0.2) is 16.2 Å². The number of hydrogen-bond donors (Lipinski definition) is 2. The SMILES string of the molecule is O=C(O)c1ccc(CSC2=N[C@H](c3ccccc3)[C@H](c3ccccc3)N2)cc1. The zero-order chi connectivity index (χ0) is 19.3. The van der Waals surface area contributed by atoms with Gasteiger partial charge in [0.15, 0.2) is 5.17 Å². The fourth-order valence-corrected chi connectivity index (χ4v) is 4.16. The van der Waals surface area contributed by atoms with E-state index in [9.17, 15) is 4.79 Å². The first-order valence-corrected chi connectivity index (χ1v) is 10.1. The van der Waals surface area contributed by atoms with E-state index < -0.39 is 5.97 Å². The number of aliphatic imine (C=N–C) groups is 1. The van der Waals surface area contributed by atoms with Crippen molar-refractivity contribution in [1.82, 2.24) is 5.32 Å². The van der Waals surface area contributed by atoms with Gasteiger partial charge in [-0.1, -0.05) is 84.6 Å². The molecule has 0 saturated carbocycles. The van der Waals surface area contributed by atoms with Crippen LogP contribution in [0.1, 0.15) is 39.1 Å². The molecule has 2 atom stereocenters. The summed E-state index contributed by atoms with van der Waals surface area (Å²) in [6.45, 7) is 0. The number of benzene rings is 3. The van der Waals surface area contributed by atoms with E-state index in [1.54, 1.807) is 23.9 Å². The Hall–Kier alpha value is -3.05. The quantitative estimate of drug-likeness (QED) is 0.641. The van der Waals surface area contributed by atoms with Gasteiger partial charge in [0.25, 0.3) is 0 Å². The van der Waals surface area contributed by atoms with Crippen LogP contribution in [0.15, 0.2) is 89.9 Å². The third kappa shape index (κ3) is 4.10. The van der Waals surface area contributed by atoms with Gasteiger partial charge in [0.2, 0.25) is 0 Å². The molecule has 1 heterocycles. The van der Waals surface area contributed by atoms with Crippen LogP contribution in [0, 0.1) is 0 Å². The highest BCUT2D eigenvalue weighted by molar-refractivity contribution is 8.13. The van der Waals surface area contributed by atoms with Crippen molar-refractivity contribution in [3.05, 3.63) is 107 Å². The molecule has 140 valence electrons. The molecular formula is C23H20N2O2S. The number of carboxylic acid groups (broad SMARTS) is 1. The number of nitrogens with one attached hydrogen (secondary N) is 1. The number of thioether (sulfide) groups is 1. The Balaban J connectivity index is 1.51. The maximum absolute atomic E-state index is 11.0. The largest absolute Gasteiger partial charge is 0.478 e. The Labute approximate surface area is 168 Å². The Morgan fingerprint density at radius 1 is 0.893 bits per heavy atom. The average Bonchev–Trinajstić information content (AvgIpc) is 3.18. The summed E-state index contributed by atoms with van der Waals surface area (Å²) in [6.07, 6.45) is 0. The van der Waals surface area contributed by atoms with Gasteiger partial charge >= 0.3 is 5.97 Å². The van der Waals surface area contributed by atoms with Crippen LogP contribution in [0.5, 0.6) is 0 Å². The molecule has 3 aromatic carbocycles. The molecule has 0 aromatic heterocycles. The molecule has 1 aliphatic rings. The van der Waals surface area contributed by atoms with E-state index in [-0.39, 0.29) is 12.1 Å². The first kappa shape index (κ1) is 18.3. The molecule has 0 amide bonds. The Bertz CT molecular complexity index is 973. The van der Waals surface area contributed by atoms with Crippen LogP contribution in [0.3, 0.4) is 0 Å². The summed E-state index contributed by atoms with van der Waals surface area (Å²) in [5, 5.41) is 13.5. The predicted octanol–water partition coefficient (Wildman–Crippen LogP) is 5.06. The minimum atomic E-state index is -0.905. The zero-order valence-electron chi connectivity index (χ0n) is 15.2. The molecule has 0 radical (unpaired) electrons. The fourth-order valence-electron chi connectivity index (χ4n) is 3.27. The van der Waals surface area contributed by atoms with E-state index >= 15 is 0 Å². The predicted molar refractivity (Wildman–Crippen MR) is 114 cm³/mol. The molecule has 0 unspecified atom stereocenters. The molecule has 0 bridgehead atoms. The Kier molecular flexibility index (Phi) is 5.44. The van der Waals surface area contributed by atoms with Gasteiger partial charge in [0.1, 0.15) is 6.04 Å². The van der Waals surface area contributed by atoms with E-state index in [0.29, 0.717) is 5.56 Å². The number of rotatable bonds is 5. The highest BCUT2D eigenvalue weighted by Gasteiger charge is 2.31.